The van der Waals surface area contributed by atoms with E-state index in [1.165, 1.54) is 31.5 Å². The van der Waals surface area contributed by atoms with Gasteiger partial charge in [0, 0.05) is 11.9 Å². The predicted octanol–water partition coefficient (Wildman–Crippen LogP) is 2.52. The van der Waals surface area contributed by atoms with E-state index in [1.807, 2.05) is 6.92 Å². The minimum absolute atomic E-state index is 0.0694. The lowest BCUT2D eigenvalue weighted by Gasteiger charge is -2.10. The maximum Gasteiger partial charge on any atom is 0.267 e. The topological polar surface area (TPSA) is 104 Å². The van der Waals surface area contributed by atoms with E-state index in [0.717, 1.165) is 6.07 Å². The van der Waals surface area contributed by atoms with Crippen LogP contribution >= 0.6 is 0 Å². The number of nitrogens with two attached hydrogens (primary N) is 1. The summed E-state index contributed by atoms with van der Waals surface area (Å²) in [5.74, 6) is -2.35. The number of nitrogens with one attached hydrogen (secondary N) is 1. The van der Waals surface area contributed by atoms with E-state index in [-0.39, 0.29) is 17.4 Å². The smallest absolute Gasteiger partial charge is 0.267 e. The van der Waals surface area contributed by atoms with E-state index in [0.29, 0.717) is 24.6 Å². The van der Waals surface area contributed by atoms with E-state index >= 15 is 0 Å². The Bertz CT molecular complexity index is 848. The number of ether oxygens (including phenoxy) is 2. The van der Waals surface area contributed by atoms with Crippen LogP contribution in [0.3, 0.4) is 0 Å². The Morgan fingerprint density at radius 2 is 2.07 bits per heavy atom. The maximum absolute atomic E-state index is 12.5. The minimum Gasteiger partial charge on any atom is -0.494 e. The van der Waals surface area contributed by atoms with Crippen molar-refractivity contribution in [1.82, 2.24) is 4.98 Å². The molecule has 1 unspecified atom stereocenters. The molecule has 1 saturated heterocycles. The molecule has 0 saturated carbocycles. The highest BCUT2D eigenvalue weighted by molar-refractivity contribution is 5.96. The molecule has 0 aliphatic carbocycles. The van der Waals surface area contributed by atoms with Crippen LogP contribution in [-0.4, -0.2) is 36.6 Å². The number of primary amides is 1. The summed E-state index contributed by atoms with van der Waals surface area (Å²) in [4.78, 5) is 26.6. The lowest BCUT2D eigenvalue weighted by molar-refractivity contribution is -0.124. The van der Waals surface area contributed by atoms with E-state index in [4.69, 9.17) is 10.5 Å². The third kappa shape index (κ3) is 5.71. The number of anilines is 1. The van der Waals surface area contributed by atoms with Crippen molar-refractivity contribution < 1.29 is 27.8 Å². The molecule has 2 atom stereocenters. The molecule has 0 bridgehead atoms. The Labute approximate surface area is 160 Å². The Balaban J connectivity index is 0.000000237. The number of hydrogen-bond acceptors (Lipinski definition) is 5. The summed E-state index contributed by atoms with van der Waals surface area (Å²) in [5, 5.41) is 2.69. The first kappa shape index (κ1) is 21.2. The highest BCUT2D eigenvalue weighted by Crippen LogP contribution is 2.20. The molecular formula is C19H21F2N3O4. The van der Waals surface area contributed by atoms with Gasteiger partial charge in [-0.1, -0.05) is 13.0 Å². The molecule has 1 aliphatic heterocycles. The number of rotatable bonds is 4. The van der Waals surface area contributed by atoms with Crippen LogP contribution in [0.25, 0.3) is 0 Å². The zero-order valence-electron chi connectivity index (χ0n) is 15.4. The molecule has 28 heavy (non-hydrogen) atoms. The molecule has 150 valence electrons. The second-order valence-electron chi connectivity index (χ2n) is 6.20. The Hall–Kier alpha value is -3.07. The quantitative estimate of drug-likeness (QED) is 0.831. The number of carbonyl (C=O) groups excluding carboxylic acids is 2. The summed E-state index contributed by atoms with van der Waals surface area (Å²) in [6.45, 7) is 2.63. The molecule has 9 heteroatoms. The van der Waals surface area contributed by atoms with Crippen molar-refractivity contribution in [3.8, 4) is 5.75 Å². The molecule has 3 N–H and O–H groups in total. The van der Waals surface area contributed by atoms with E-state index < -0.39 is 23.6 Å². The zero-order valence-corrected chi connectivity index (χ0v) is 15.4. The van der Waals surface area contributed by atoms with Gasteiger partial charge in [-0.25, -0.2) is 4.39 Å². The van der Waals surface area contributed by atoms with Crippen LogP contribution in [0.5, 0.6) is 5.75 Å². The van der Waals surface area contributed by atoms with Crippen LogP contribution in [0.2, 0.25) is 0 Å². The second-order valence-corrected chi connectivity index (χ2v) is 6.20. The van der Waals surface area contributed by atoms with Crippen molar-refractivity contribution in [3.63, 3.8) is 0 Å². The first-order valence-electron chi connectivity index (χ1n) is 8.48. The molecule has 0 spiro atoms. The number of hydrogen-bond donors (Lipinski definition) is 2. The summed E-state index contributed by atoms with van der Waals surface area (Å²) in [5.41, 5.74) is 5.73. The van der Waals surface area contributed by atoms with Gasteiger partial charge in [0.05, 0.1) is 13.7 Å². The maximum atomic E-state index is 12.5. The van der Waals surface area contributed by atoms with Gasteiger partial charge < -0.3 is 20.5 Å². The van der Waals surface area contributed by atoms with Gasteiger partial charge in [0.1, 0.15) is 11.8 Å². The summed E-state index contributed by atoms with van der Waals surface area (Å²) < 4.78 is 34.7. The largest absolute Gasteiger partial charge is 0.494 e. The number of nitrogens with zero attached hydrogens (tertiary/aromatic N) is 1. The summed E-state index contributed by atoms with van der Waals surface area (Å²) in [6, 6.07) is 6.83. The number of aromatic nitrogens is 1. The van der Waals surface area contributed by atoms with Crippen LogP contribution in [0.1, 0.15) is 23.8 Å². The van der Waals surface area contributed by atoms with Crippen molar-refractivity contribution in [2.45, 2.75) is 19.4 Å². The molecule has 2 amide bonds. The molecule has 7 nitrogen and oxygen atoms in total. The van der Waals surface area contributed by atoms with Gasteiger partial charge in [0.15, 0.2) is 11.6 Å². The number of methoxy groups -OCH3 is 1. The SMILES string of the molecule is CC1CO[C@@H](C(=O)Nc2ccnc(C(N)=O)c2)C1.COc1cccc(F)c1F. The molecule has 1 aromatic heterocycles. The standard InChI is InChI=1S/C12H15N3O3.C7H6F2O/c1-7-4-10(18-6-7)12(17)15-8-2-3-14-9(5-8)11(13)16;1-10-6-4-2-3-5(8)7(6)9/h2-3,5,7,10H,4,6H2,1H3,(H2,13,16)(H,14,15,17);2-4H,1H3/t7?,10-;/m1./s1. The van der Waals surface area contributed by atoms with Crippen molar-refractivity contribution in [2.75, 3.05) is 19.0 Å². The van der Waals surface area contributed by atoms with Gasteiger partial charge in [0.25, 0.3) is 11.8 Å². The van der Waals surface area contributed by atoms with Gasteiger partial charge in [-0.3, -0.25) is 14.6 Å². The molecule has 0 radical (unpaired) electrons. The number of carbonyl (C=O) groups is 2. The average molecular weight is 393 g/mol. The van der Waals surface area contributed by atoms with Crippen molar-refractivity contribution in [1.29, 1.82) is 0 Å². The second kappa shape index (κ2) is 9.75. The van der Waals surface area contributed by atoms with Crippen molar-refractivity contribution in [3.05, 3.63) is 53.9 Å². The zero-order chi connectivity index (χ0) is 20.7. The van der Waals surface area contributed by atoms with Crippen LogP contribution in [0.15, 0.2) is 36.5 Å². The van der Waals surface area contributed by atoms with Crippen LogP contribution < -0.4 is 15.8 Å². The molecule has 1 aromatic carbocycles. The van der Waals surface area contributed by atoms with Gasteiger partial charge >= 0.3 is 0 Å². The summed E-state index contributed by atoms with van der Waals surface area (Å²) >= 11 is 0. The summed E-state index contributed by atoms with van der Waals surface area (Å²) in [7, 11) is 1.29. The molecule has 1 aliphatic rings. The van der Waals surface area contributed by atoms with Gasteiger partial charge in [-0.15, -0.1) is 0 Å². The number of pyridine rings is 1. The van der Waals surface area contributed by atoms with Crippen LogP contribution in [0.4, 0.5) is 14.5 Å². The van der Waals surface area contributed by atoms with Gasteiger partial charge in [0.2, 0.25) is 5.82 Å². The predicted molar refractivity (Wildman–Crippen MR) is 97.8 cm³/mol. The normalized spacial score (nSPS) is 18.0. The highest BCUT2D eigenvalue weighted by atomic mass is 19.2. The lowest BCUT2D eigenvalue weighted by atomic mass is 10.1. The Morgan fingerprint density at radius 3 is 2.64 bits per heavy atom. The van der Waals surface area contributed by atoms with Crippen LogP contribution in [-0.2, 0) is 9.53 Å². The first-order valence-corrected chi connectivity index (χ1v) is 8.48. The molecule has 2 heterocycles. The molecule has 1 fully saturated rings. The fourth-order valence-corrected chi connectivity index (χ4v) is 2.47. The lowest BCUT2D eigenvalue weighted by Crippen LogP contribution is -2.27. The minimum atomic E-state index is -0.940. The average Bonchev–Trinajstić information content (AvgIpc) is 3.11. The third-order valence-corrected chi connectivity index (χ3v) is 3.91. The monoisotopic (exact) mass is 393 g/mol. The highest BCUT2D eigenvalue weighted by Gasteiger charge is 2.28. The van der Waals surface area contributed by atoms with E-state index in [1.54, 1.807) is 6.07 Å². The fourth-order valence-electron chi connectivity index (χ4n) is 2.47. The summed E-state index contributed by atoms with van der Waals surface area (Å²) in [6.07, 6.45) is 1.71. The van der Waals surface area contributed by atoms with Crippen molar-refractivity contribution in [2.24, 2.45) is 11.7 Å². The number of benzene rings is 1. The molecule has 3 rings (SSSR count). The van der Waals surface area contributed by atoms with Crippen LogP contribution in [0, 0.1) is 17.6 Å². The van der Waals surface area contributed by atoms with Gasteiger partial charge in [-0.05, 0) is 36.6 Å². The first-order chi connectivity index (χ1) is 13.3. The molecular weight excluding hydrogens is 372 g/mol. The van der Waals surface area contributed by atoms with Crippen molar-refractivity contribution >= 4 is 17.5 Å². The number of halogens is 2. The third-order valence-electron chi connectivity index (χ3n) is 3.91. The van der Waals surface area contributed by atoms with E-state index in [2.05, 4.69) is 15.0 Å². The Kier molecular flexibility index (Phi) is 7.39. The number of amides is 2. The Morgan fingerprint density at radius 1 is 1.32 bits per heavy atom. The van der Waals surface area contributed by atoms with Gasteiger partial charge in [-0.2, -0.15) is 4.39 Å². The van der Waals surface area contributed by atoms with E-state index in [9.17, 15) is 18.4 Å². The fraction of sp³-hybridized carbons (Fsp3) is 0.316. The molecule has 2 aromatic rings.